The maximum atomic E-state index is 2.48. The molecule has 0 amide bonds. The van der Waals surface area contributed by atoms with Crippen molar-refractivity contribution in [1.29, 1.82) is 0 Å². The average Bonchev–Trinajstić information content (AvgIpc) is 3.38. The Balaban J connectivity index is 1.28. The minimum atomic E-state index is 0.708. The van der Waals surface area contributed by atoms with Crippen LogP contribution in [0.1, 0.15) is 30.7 Å². The van der Waals surface area contributed by atoms with Crippen molar-refractivity contribution in [3.63, 3.8) is 0 Å². The number of benzene rings is 2. The molecule has 0 bridgehead atoms. The van der Waals surface area contributed by atoms with E-state index >= 15 is 0 Å². The highest BCUT2D eigenvalue weighted by molar-refractivity contribution is 8.03. The highest BCUT2D eigenvalue weighted by Gasteiger charge is 2.26. The number of allylic oxidation sites excluding steroid dienone is 6. The van der Waals surface area contributed by atoms with E-state index < -0.39 is 0 Å². The number of aromatic nitrogens is 1. The molecule has 0 spiro atoms. The van der Waals surface area contributed by atoms with Gasteiger partial charge in [0, 0.05) is 33.9 Å². The van der Waals surface area contributed by atoms with Crippen LogP contribution in [0.4, 0.5) is 5.69 Å². The van der Waals surface area contributed by atoms with E-state index in [0.717, 1.165) is 0 Å². The van der Waals surface area contributed by atoms with Crippen LogP contribution in [0.3, 0.4) is 0 Å². The van der Waals surface area contributed by atoms with Crippen LogP contribution in [-0.2, 0) is 7.05 Å². The Morgan fingerprint density at radius 1 is 0.972 bits per heavy atom. The van der Waals surface area contributed by atoms with Crippen molar-refractivity contribution >= 4 is 68.6 Å². The molecule has 1 aromatic heterocycles. The third-order valence-corrected chi connectivity index (χ3v) is 11.3. The average molecular weight is 548 g/mol. The third-order valence-electron chi connectivity index (χ3n) is 7.50. The summed E-state index contributed by atoms with van der Waals surface area (Å²) >= 11 is 7.41. The van der Waals surface area contributed by atoms with Crippen LogP contribution >= 0.6 is 46.6 Å². The Labute approximate surface area is 231 Å². The van der Waals surface area contributed by atoms with Gasteiger partial charge in [0.25, 0.3) is 5.01 Å². The third kappa shape index (κ3) is 4.62. The lowest BCUT2D eigenvalue weighted by Crippen LogP contribution is -2.29. The van der Waals surface area contributed by atoms with Crippen molar-refractivity contribution in [2.24, 2.45) is 13.0 Å². The zero-order valence-electron chi connectivity index (χ0n) is 21.2. The van der Waals surface area contributed by atoms with Crippen LogP contribution in [0.25, 0.3) is 16.3 Å². The number of hydrogen-bond acceptors (Lipinski definition) is 5. The summed E-state index contributed by atoms with van der Waals surface area (Å²) in [6, 6.07) is 13.6. The van der Waals surface area contributed by atoms with Crippen molar-refractivity contribution in [2.45, 2.75) is 40.4 Å². The molecule has 1 aliphatic heterocycles. The van der Waals surface area contributed by atoms with E-state index in [1.807, 2.05) is 46.6 Å². The quantitative estimate of drug-likeness (QED) is 0.238. The van der Waals surface area contributed by atoms with Gasteiger partial charge in [0.2, 0.25) is 5.52 Å². The van der Waals surface area contributed by atoms with Crippen molar-refractivity contribution < 1.29 is 4.57 Å². The lowest BCUT2D eigenvalue weighted by molar-refractivity contribution is -0.642. The van der Waals surface area contributed by atoms with Gasteiger partial charge in [-0.2, -0.15) is 4.57 Å². The van der Waals surface area contributed by atoms with E-state index in [9.17, 15) is 0 Å². The lowest BCUT2D eigenvalue weighted by Gasteiger charge is -2.28. The van der Waals surface area contributed by atoms with Gasteiger partial charge in [-0.3, -0.25) is 0 Å². The molecule has 3 aromatic rings. The summed E-state index contributed by atoms with van der Waals surface area (Å²) in [5, 5.41) is 2.67. The first-order valence-electron chi connectivity index (χ1n) is 12.4. The van der Waals surface area contributed by atoms with Crippen LogP contribution in [0.2, 0.25) is 0 Å². The molecule has 6 heteroatoms. The van der Waals surface area contributed by atoms with E-state index in [0.29, 0.717) is 5.92 Å². The summed E-state index contributed by atoms with van der Waals surface area (Å²) in [7, 11) is 4.41. The van der Waals surface area contributed by atoms with Gasteiger partial charge in [-0.05, 0) is 97.2 Å². The summed E-state index contributed by atoms with van der Waals surface area (Å²) in [6.07, 6.45) is 19.0. The molecule has 3 aliphatic rings. The number of thiazole rings is 1. The van der Waals surface area contributed by atoms with Crippen LogP contribution in [0.5, 0.6) is 0 Å². The first-order valence-corrected chi connectivity index (χ1v) is 16.5. The first kappa shape index (κ1) is 24.5. The summed E-state index contributed by atoms with van der Waals surface area (Å²) in [5.41, 5.74) is 7.10. The fraction of sp³-hybridized carbons (Fsp3) is 0.300. The summed E-state index contributed by atoms with van der Waals surface area (Å²) in [5.74, 6) is 0.708. The number of thioether (sulfide) groups is 3. The van der Waals surface area contributed by atoms with Gasteiger partial charge in [-0.25, -0.2) is 0 Å². The molecule has 6 rings (SSSR count). The molecule has 184 valence electrons. The molecule has 2 aliphatic carbocycles. The summed E-state index contributed by atoms with van der Waals surface area (Å²) in [6.45, 7) is 0. The summed E-state index contributed by atoms with van der Waals surface area (Å²) < 4.78 is 3.72. The maximum absolute atomic E-state index is 2.48. The van der Waals surface area contributed by atoms with Gasteiger partial charge in [0.1, 0.15) is 11.7 Å². The monoisotopic (exact) mass is 547 g/mol. The number of fused-ring (bicyclic) bond motifs is 3. The number of aryl methyl sites for hydroxylation is 1. The fourth-order valence-electron chi connectivity index (χ4n) is 5.35. The second kappa shape index (κ2) is 10.1. The smallest absolute Gasteiger partial charge is 0.262 e. The minimum Gasteiger partial charge on any atom is -0.338 e. The van der Waals surface area contributed by atoms with Gasteiger partial charge in [0.05, 0.1) is 10.7 Å². The number of nitrogens with zero attached hydrogens (tertiary/aromatic N) is 2. The van der Waals surface area contributed by atoms with E-state index in [1.54, 1.807) is 0 Å². The normalized spacial score (nSPS) is 21.7. The van der Waals surface area contributed by atoms with Crippen molar-refractivity contribution in [2.75, 3.05) is 24.5 Å². The van der Waals surface area contributed by atoms with Gasteiger partial charge in [0.15, 0.2) is 0 Å². The molecule has 1 unspecified atom stereocenters. The maximum Gasteiger partial charge on any atom is 0.262 e. The molecule has 0 N–H and O–H groups in total. The van der Waals surface area contributed by atoms with E-state index in [2.05, 4.69) is 96.8 Å². The molecule has 2 nitrogen and oxygen atoms in total. The van der Waals surface area contributed by atoms with Gasteiger partial charge >= 0.3 is 0 Å². The molecule has 36 heavy (non-hydrogen) atoms. The van der Waals surface area contributed by atoms with E-state index in [4.69, 9.17) is 0 Å². The predicted octanol–water partition coefficient (Wildman–Crippen LogP) is 8.69. The zero-order valence-corrected chi connectivity index (χ0v) is 24.5. The second-order valence-corrected chi connectivity index (χ2v) is 13.6. The molecular weight excluding hydrogens is 517 g/mol. The summed E-state index contributed by atoms with van der Waals surface area (Å²) in [4.78, 5) is 6.37. The van der Waals surface area contributed by atoms with Crippen LogP contribution in [0, 0.1) is 5.92 Å². The van der Waals surface area contributed by atoms with Gasteiger partial charge in [-0.1, -0.05) is 35.3 Å². The second-order valence-electron chi connectivity index (χ2n) is 9.67. The van der Waals surface area contributed by atoms with Crippen LogP contribution < -0.4 is 9.47 Å². The predicted molar refractivity (Wildman–Crippen MR) is 161 cm³/mol. The fourth-order valence-corrected chi connectivity index (χ4v) is 8.43. The Hall–Kier alpha value is -1.86. The largest absolute Gasteiger partial charge is 0.338 e. The molecule has 0 fully saturated rings. The van der Waals surface area contributed by atoms with Crippen molar-refractivity contribution in [3.05, 3.63) is 81.4 Å². The van der Waals surface area contributed by atoms with E-state index in [-0.39, 0.29) is 0 Å². The van der Waals surface area contributed by atoms with Crippen molar-refractivity contribution in [3.8, 4) is 0 Å². The Morgan fingerprint density at radius 2 is 1.75 bits per heavy atom. The SMILES string of the molecule is CSc1ccc2c(c1)N(C)C(=CC1=CC3=CC(=Cc4sc5ccc(SC)cc5[n+]4C)CCC3CC1)S2. The molecule has 1 atom stereocenters. The Kier molecular flexibility index (Phi) is 6.89. The highest BCUT2D eigenvalue weighted by atomic mass is 32.2. The Morgan fingerprint density at radius 3 is 2.58 bits per heavy atom. The zero-order chi connectivity index (χ0) is 24.8. The van der Waals surface area contributed by atoms with Gasteiger partial charge < -0.3 is 4.90 Å². The van der Waals surface area contributed by atoms with Crippen LogP contribution in [0.15, 0.2) is 91.1 Å². The number of rotatable bonds is 4. The standard InChI is InChI=1S/C30H31N2S4/c1-31-25-17-23(33-3)9-11-27(25)35-29(31)15-19-5-7-21-8-6-20(14-22(21)13-19)16-30-32(2)26-18-24(34-4)10-12-28(26)36-30/h9-18,21H,5-8H2,1-4H3/q+1. The number of hydrogen-bond donors (Lipinski definition) is 0. The first-order chi connectivity index (χ1) is 17.5. The molecule has 2 aromatic carbocycles. The minimum absolute atomic E-state index is 0.708. The van der Waals surface area contributed by atoms with E-state index in [1.165, 1.54) is 83.0 Å². The van der Waals surface area contributed by atoms with Crippen molar-refractivity contribution in [1.82, 2.24) is 0 Å². The Bertz CT molecular complexity index is 1470. The molecule has 0 saturated heterocycles. The molecule has 0 saturated carbocycles. The highest BCUT2D eigenvalue weighted by Crippen LogP contribution is 2.47. The molecular formula is C30H31N2S4+. The number of anilines is 1. The molecule has 0 radical (unpaired) electrons. The molecule has 2 heterocycles. The lowest BCUT2D eigenvalue weighted by atomic mass is 9.77. The van der Waals surface area contributed by atoms with Crippen LogP contribution in [-0.4, -0.2) is 19.6 Å². The van der Waals surface area contributed by atoms with Gasteiger partial charge in [-0.15, -0.1) is 23.5 Å². The topological polar surface area (TPSA) is 7.12 Å².